The van der Waals surface area contributed by atoms with Gasteiger partial charge in [0.1, 0.15) is 15.5 Å². The molecule has 0 spiro atoms. The monoisotopic (exact) mass is 657 g/mol. The molecule has 0 bridgehead atoms. The molecule has 0 unspecified atom stereocenters. The maximum Gasteiger partial charge on any atom is 0.340 e. The summed E-state index contributed by atoms with van der Waals surface area (Å²) in [6.07, 6.45) is 1.62. The highest BCUT2D eigenvalue weighted by Crippen LogP contribution is 2.34. The molecular formula is C31H35N3O9S2. The number of carbonyl (C=O) groups excluding carboxylic acids is 2. The zero-order chi connectivity index (χ0) is 32.4. The number of nitrogens with one attached hydrogen (secondary N) is 1. The Balaban J connectivity index is 1.28. The molecule has 0 atom stereocenters. The lowest BCUT2D eigenvalue weighted by Crippen LogP contribution is -2.44. The predicted octanol–water partition coefficient (Wildman–Crippen LogP) is 3.21. The maximum atomic E-state index is 13.7. The summed E-state index contributed by atoms with van der Waals surface area (Å²) in [6.45, 7) is 3.53. The van der Waals surface area contributed by atoms with Crippen molar-refractivity contribution in [2.45, 2.75) is 42.0 Å². The topological polar surface area (TPSA) is 149 Å². The Morgan fingerprint density at radius 2 is 1.51 bits per heavy atom. The molecule has 2 heterocycles. The first kappa shape index (κ1) is 32.4. The molecule has 2 aliphatic heterocycles. The van der Waals surface area contributed by atoms with Crippen molar-refractivity contribution in [3.8, 4) is 17.2 Å². The molecule has 1 saturated heterocycles. The molecule has 0 radical (unpaired) electrons. The van der Waals surface area contributed by atoms with Gasteiger partial charge < -0.3 is 18.6 Å². The van der Waals surface area contributed by atoms with E-state index < -0.39 is 36.9 Å². The van der Waals surface area contributed by atoms with Crippen molar-refractivity contribution in [2.75, 3.05) is 40.4 Å². The Labute approximate surface area is 263 Å². The van der Waals surface area contributed by atoms with Gasteiger partial charge >= 0.3 is 10.1 Å². The second-order valence-electron chi connectivity index (χ2n) is 11.0. The number of amides is 2. The number of aryl methyl sites for hydroxylation is 1. The number of likely N-dealkylation sites (tertiary alicyclic amines) is 1. The van der Waals surface area contributed by atoms with Crippen molar-refractivity contribution in [3.63, 3.8) is 0 Å². The van der Waals surface area contributed by atoms with Crippen LogP contribution in [0.15, 0.2) is 70.5 Å². The zero-order valence-corrected chi connectivity index (χ0v) is 26.8. The van der Waals surface area contributed by atoms with E-state index in [1.165, 1.54) is 41.7 Å². The number of imide groups is 1. The van der Waals surface area contributed by atoms with Gasteiger partial charge in [-0.05, 0) is 81.9 Å². The summed E-state index contributed by atoms with van der Waals surface area (Å²) in [6, 6.07) is 14.6. The number of piperidine rings is 1. The maximum absolute atomic E-state index is 13.7. The zero-order valence-electron chi connectivity index (χ0n) is 25.2. The molecule has 1 N–H and O–H groups in total. The highest BCUT2D eigenvalue weighted by molar-refractivity contribution is 7.91. The number of hydrogen-bond donors (Lipinski definition) is 1. The van der Waals surface area contributed by atoms with Crippen LogP contribution in [-0.2, 0) is 20.1 Å². The fourth-order valence-electron chi connectivity index (χ4n) is 5.27. The van der Waals surface area contributed by atoms with E-state index in [9.17, 15) is 26.4 Å². The molecule has 0 aromatic heterocycles. The number of benzene rings is 3. The van der Waals surface area contributed by atoms with Gasteiger partial charge in [0.25, 0.3) is 11.8 Å². The molecule has 3 aromatic carbocycles. The van der Waals surface area contributed by atoms with Gasteiger partial charge in [-0.3, -0.25) is 14.9 Å². The molecule has 0 aliphatic carbocycles. The Bertz CT molecular complexity index is 1820. The molecule has 0 saturated carbocycles. The third kappa shape index (κ3) is 6.98. The van der Waals surface area contributed by atoms with Gasteiger partial charge in [-0.2, -0.15) is 12.7 Å². The summed E-state index contributed by atoms with van der Waals surface area (Å²) in [5.41, 5.74) is 1.21. The lowest BCUT2D eigenvalue weighted by Gasteiger charge is -2.34. The number of ether oxygens (including phenoxy) is 2. The average molecular weight is 658 g/mol. The third-order valence-electron chi connectivity index (χ3n) is 7.81. The first-order valence-corrected chi connectivity index (χ1v) is 17.3. The Morgan fingerprint density at radius 1 is 0.844 bits per heavy atom. The van der Waals surface area contributed by atoms with Crippen molar-refractivity contribution < 1.29 is 40.1 Å². The summed E-state index contributed by atoms with van der Waals surface area (Å²) in [4.78, 5) is 25.3. The van der Waals surface area contributed by atoms with Crippen LogP contribution in [0.1, 0.15) is 45.5 Å². The van der Waals surface area contributed by atoms with Crippen LogP contribution in [0.4, 0.5) is 0 Å². The number of hydrogen-bond acceptors (Lipinski definition) is 10. The van der Waals surface area contributed by atoms with Crippen LogP contribution < -0.4 is 19.0 Å². The predicted molar refractivity (Wildman–Crippen MR) is 165 cm³/mol. The van der Waals surface area contributed by atoms with Crippen LogP contribution >= 0.6 is 0 Å². The molecule has 240 valence electrons. The molecule has 45 heavy (non-hydrogen) atoms. The first-order chi connectivity index (χ1) is 21.4. The van der Waals surface area contributed by atoms with Crippen LogP contribution in [0.5, 0.6) is 17.2 Å². The summed E-state index contributed by atoms with van der Waals surface area (Å²) < 4.78 is 72.8. The summed E-state index contributed by atoms with van der Waals surface area (Å²) >= 11 is 0. The fourth-order valence-corrected chi connectivity index (χ4v) is 8.40. The SMILES string of the molecule is Cc1ccc(OS(=O)(=O)c2ccccc2S(=O)(=O)N(C)C2CCN(C)CC2)c(OCCCOc2cccc3c2C(=O)NC3=O)c1. The number of nitrogens with zero attached hydrogens (tertiary/aromatic N) is 2. The number of rotatable bonds is 12. The van der Waals surface area contributed by atoms with Gasteiger partial charge in [0, 0.05) is 19.5 Å². The van der Waals surface area contributed by atoms with Crippen LogP contribution in [-0.4, -0.2) is 84.3 Å². The van der Waals surface area contributed by atoms with Crippen molar-refractivity contribution in [2.24, 2.45) is 0 Å². The van der Waals surface area contributed by atoms with Gasteiger partial charge in [-0.25, -0.2) is 8.42 Å². The van der Waals surface area contributed by atoms with E-state index in [0.29, 0.717) is 19.3 Å². The summed E-state index contributed by atoms with van der Waals surface area (Å²) in [7, 11) is -5.32. The highest BCUT2D eigenvalue weighted by Gasteiger charge is 2.35. The quantitative estimate of drug-likeness (QED) is 0.175. The van der Waals surface area contributed by atoms with E-state index in [0.717, 1.165) is 18.7 Å². The van der Waals surface area contributed by atoms with Crippen molar-refractivity contribution in [1.29, 1.82) is 0 Å². The molecule has 1 fully saturated rings. The van der Waals surface area contributed by atoms with Gasteiger partial charge in [0.2, 0.25) is 10.0 Å². The van der Waals surface area contributed by atoms with Gasteiger partial charge in [0.05, 0.1) is 24.3 Å². The number of carbonyl (C=O) groups is 2. The van der Waals surface area contributed by atoms with Crippen LogP contribution in [0.2, 0.25) is 0 Å². The normalized spacial score (nSPS) is 16.0. The first-order valence-electron chi connectivity index (χ1n) is 14.4. The Morgan fingerprint density at radius 3 is 2.22 bits per heavy atom. The van der Waals surface area contributed by atoms with Crippen molar-refractivity contribution in [1.82, 2.24) is 14.5 Å². The fraction of sp³-hybridized carbons (Fsp3) is 0.355. The molecule has 2 amide bonds. The van der Waals surface area contributed by atoms with E-state index in [1.54, 1.807) is 37.3 Å². The molecule has 2 aliphatic rings. The standard InChI is InChI=1S/C31H35N3O9S2/c1-21-12-13-24(26(20-21)42-19-7-18-41-25-9-6-8-23-29(25)31(36)32-30(23)35)43-45(39,40)28-11-5-4-10-27(28)44(37,38)34(3)22-14-16-33(2)17-15-22/h4-6,8-13,20,22H,7,14-19H2,1-3H3,(H,32,35,36). The molecular weight excluding hydrogens is 622 g/mol. The smallest absolute Gasteiger partial charge is 0.340 e. The van der Waals surface area contributed by atoms with Gasteiger partial charge in [-0.1, -0.05) is 24.3 Å². The van der Waals surface area contributed by atoms with Crippen LogP contribution in [0.25, 0.3) is 0 Å². The van der Waals surface area contributed by atoms with E-state index in [4.69, 9.17) is 13.7 Å². The third-order valence-corrected chi connectivity index (χ3v) is 11.2. The second-order valence-corrected chi connectivity index (χ2v) is 14.5. The van der Waals surface area contributed by atoms with Gasteiger partial charge in [-0.15, -0.1) is 0 Å². The lowest BCUT2D eigenvalue weighted by atomic mass is 10.1. The largest absolute Gasteiger partial charge is 0.493 e. The Hall–Kier alpha value is -3.98. The lowest BCUT2D eigenvalue weighted by molar-refractivity contribution is 0.0878. The Kier molecular flexibility index (Phi) is 9.49. The van der Waals surface area contributed by atoms with E-state index in [1.807, 2.05) is 7.05 Å². The molecule has 3 aromatic rings. The molecule has 12 nitrogen and oxygen atoms in total. The van der Waals surface area contributed by atoms with E-state index in [2.05, 4.69) is 10.2 Å². The minimum absolute atomic E-state index is 0.103. The number of sulfonamides is 1. The minimum atomic E-state index is -4.61. The van der Waals surface area contributed by atoms with E-state index >= 15 is 0 Å². The van der Waals surface area contributed by atoms with Crippen LogP contribution in [0, 0.1) is 6.92 Å². The minimum Gasteiger partial charge on any atom is -0.493 e. The summed E-state index contributed by atoms with van der Waals surface area (Å²) in [5, 5.41) is 2.24. The van der Waals surface area contributed by atoms with Gasteiger partial charge in [0.15, 0.2) is 11.5 Å². The number of fused-ring (bicyclic) bond motifs is 1. The molecule has 14 heteroatoms. The highest BCUT2D eigenvalue weighted by atomic mass is 32.2. The second kappa shape index (κ2) is 13.2. The van der Waals surface area contributed by atoms with Crippen molar-refractivity contribution in [3.05, 3.63) is 77.4 Å². The molecule has 5 rings (SSSR count). The van der Waals surface area contributed by atoms with Crippen molar-refractivity contribution >= 4 is 32.0 Å². The summed E-state index contributed by atoms with van der Waals surface area (Å²) in [5.74, 6) is -0.680. The average Bonchev–Trinajstić information content (AvgIpc) is 3.31. The van der Waals surface area contributed by atoms with Crippen LogP contribution in [0.3, 0.4) is 0 Å². The van der Waals surface area contributed by atoms with E-state index in [-0.39, 0.29) is 52.5 Å².